The van der Waals surface area contributed by atoms with E-state index in [9.17, 15) is 4.79 Å². The van der Waals surface area contributed by atoms with Gasteiger partial charge in [0.1, 0.15) is 12.2 Å². The summed E-state index contributed by atoms with van der Waals surface area (Å²) in [5.41, 5.74) is 2.59. The Morgan fingerprint density at radius 2 is 2.26 bits per heavy atom. The van der Waals surface area contributed by atoms with Crippen molar-refractivity contribution in [2.45, 2.75) is 13.5 Å². The highest BCUT2D eigenvalue weighted by Gasteiger charge is 2.16. The maximum absolute atomic E-state index is 12.4. The molecule has 1 heterocycles. The third kappa shape index (κ3) is 2.90. The quantitative estimate of drug-likeness (QED) is 0.871. The molecule has 0 aliphatic carbocycles. The van der Waals surface area contributed by atoms with E-state index in [1.54, 1.807) is 11.9 Å². The minimum atomic E-state index is -0.0549. The van der Waals surface area contributed by atoms with E-state index in [1.165, 1.54) is 6.33 Å². The zero-order valence-electron chi connectivity index (χ0n) is 11.3. The Morgan fingerprint density at radius 3 is 2.89 bits per heavy atom. The van der Waals surface area contributed by atoms with Gasteiger partial charge in [0.25, 0.3) is 5.91 Å². The highest BCUT2D eigenvalue weighted by molar-refractivity contribution is 5.99. The van der Waals surface area contributed by atoms with E-state index < -0.39 is 0 Å². The molecule has 0 spiro atoms. The second kappa shape index (κ2) is 5.51. The molecule has 0 saturated heterocycles. The molecule has 0 unspecified atom stereocenters. The van der Waals surface area contributed by atoms with Crippen LogP contribution in [0, 0.1) is 6.92 Å². The molecule has 0 saturated carbocycles. The van der Waals surface area contributed by atoms with Crippen LogP contribution in [0.4, 0.5) is 5.69 Å². The smallest absolute Gasteiger partial charge is 0.256 e. The van der Waals surface area contributed by atoms with Gasteiger partial charge in [-0.1, -0.05) is 6.07 Å². The first-order valence-corrected chi connectivity index (χ1v) is 6.00. The first-order valence-electron chi connectivity index (χ1n) is 6.00. The van der Waals surface area contributed by atoms with Crippen molar-refractivity contribution in [2.75, 3.05) is 19.4 Å². The van der Waals surface area contributed by atoms with Crippen LogP contribution >= 0.6 is 0 Å². The van der Waals surface area contributed by atoms with E-state index >= 15 is 0 Å². The summed E-state index contributed by atoms with van der Waals surface area (Å²) < 4.78 is 0. The Hall–Kier alpha value is -2.37. The number of carbonyl (C=O) groups is 1. The van der Waals surface area contributed by atoms with E-state index in [1.807, 2.05) is 32.2 Å². The molecule has 2 rings (SSSR count). The highest BCUT2D eigenvalue weighted by Crippen LogP contribution is 2.19. The first kappa shape index (κ1) is 13.1. The Labute approximate surface area is 111 Å². The number of aromatic amines is 1. The third-order valence-corrected chi connectivity index (χ3v) is 2.87. The molecule has 1 aromatic carbocycles. The van der Waals surface area contributed by atoms with Gasteiger partial charge in [-0.3, -0.25) is 9.89 Å². The number of hydrogen-bond acceptors (Lipinski definition) is 4. The number of nitrogens with zero attached hydrogens (tertiary/aromatic N) is 3. The van der Waals surface area contributed by atoms with Crippen LogP contribution < -0.4 is 5.32 Å². The fourth-order valence-electron chi connectivity index (χ4n) is 1.86. The summed E-state index contributed by atoms with van der Waals surface area (Å²) >= 11 is 0. The molecule has 0 fully saturated rings. The summed E-state index contributed by atoms with van der Waals surface area (Å²) in [6.45, 7) is 2.39. The average Bonchev–Trinajstić information content (AvgIpc) is 2.90. The second-order valence-electron chi connectivity index (χ2n) is 4.39. The summed E-state index contributed by atoms with van der Waals surface area (Å²) in [6.07, 6.45) is 1.43. The molecule has 100 valence electrons. The highest BCUT2D eigenvalue weighted by atomic mass is 16.2. The van der Waals surface area contributed by atoms with Crippen molar-refractivity contribution in [3.8, 4) is 0 Å². The summed E-state index contributed by atoms with van der Waals surface area (Å²) in [4.78, 5) is 18.0. The number of aryl methyl sites for hydroxylation is 1. The average molecular weight is 259 g/mol. The lowest BCUT2D eigenvalue weighted by Gasteiger charge is -2.18. The van der Waals surface area contributed by atoms with Crippen molar-refractivity contribution in [3.05, 3.63) is 41.5 Å². The number of nitrogens with one attached hydrogen (secondary N) is 2. The van der Waals surface area contributed by atoms with Gasteiger partial charge in [0, 0.05) is 19.8 Å². The topological polar surface area (TPSA) is 73.9 Å². The van der Waals surface area contributed by atoms with E-state index in [2.05, 4.69) is 20.5 Å². The van der Waals surface area contributed by atoms with Crippen LogP contribution in [0.5, 0.6) is 0 Å². The molecule has 0 aliphatic heterocycles. The maximum atomic E-state index is 12.4. The van der Waals surface area contributed by atoms with Gasteiger partial charge in [-0.2, -0.15) is 5.10 Å². The molecule has 0 aliphatic rings. The van der Waals surface area contributed by atoms with Crippen molar-refractivity contribution in [3.63, 3.8) is 0 Å². The van der Waals surface area contributed by atoms with Gasteiger partial charge >= 0.3 is 0 Å². The van der Waals surface area contributed by atoms with Gasteiger partial charge in [0.05, 0.1) is 12.1 Å². The molecule has 1 amide bonds. The summed E-state index contributed by atoms with van der Waals surface area (Å²) in [7, 11) is 3.55. The Kier molecular flexibility index (Phi) is 3.79. The summed E-state index contributed by atoms with van der Waals surface area (Å²) in [6, 6.07) is 5.71. The monoisotopic (exact) mass is 259 g/mol. The fourth-order valence-corrected chi connectivity index (χ4v) is 1.86. The Balaban J connectivity index is 2.19. The van der Waals surface area contributed by atoms with Crippen LogP contribution in [0.15, 0.2) is 24.5 Å². The second-order valence-corrected chi connectivity index (χ2v) is 4.39. The lowest BCUT2D eigenvalue weighted by atomic mass is 10.1. The number of rotatable bonds is 4. The van der Waals surface area contributed by atoms with Crippen LogP contribution in [0.25, 0.3) is 0 Å². The number of aromatic nitrogens is 3. The Morgan fingerprint density at radius 1 is 1.47 bits per heavy atom. The zero-order chi connectivity index (χ0) is 13.8. The minimum Gasteiger partial charge on any atom is -0.387 e. The van der Waals surface area contributed by atoms with Gasteiger partial charge in [-0.15, -0.1) is 0 Å². The molecule has 19 heavy (non-hydrogen) atoms. The van der Waals surface area contributed by atoms with Crippen molar-refractivity contribution in [1.82, 2.24) is 20.1 Å². The summed E-state index contributed by atoms with van der Waals surface area (Å²) in [5.74, 6) is 0.606. The van der Waals surface area contributed by atoms with Crippen LogP contribution in [0.3, 0.4) is 0 Å². The maximum Gasteiger partial charge on any atom is 0.256 e. The lowest BCUT2D eigenvalue weighted by Crippen LogP contribution is -2.27. The number of carbonyl (C=O) groups excluding carboxylic acids is 1. The SMILES string of the molecule is CNc1cc(C)ccc1C(=O)N(C)Cc1ncn[nH]1. The van der Waals surface area contributed by atoms with Crippen molar-refractivity contribution in [2.24, 2.45) is 0 Å². The number of hydrogen-bond donors (Lipinski definition) is 2. The molecule has 6 heteroatoms. The standard InChI is InChI=1S/C13H17N5O/c1-9-4-5-10(11(6-9)14-2)13(19)18(3)7-12-15-8-16-17-12/h4-6,8,14H,7H2,1-3H3,(H,15,16,17). The number of benzene rings is 1. The number of amides is 1. The largest absolute Gasteiger partial charge is 0.387 e. The van der Waals surface area contributed by atoms with E-state index in [0.29, 0.717) is 17.9 Å². The molecule has 6 nitrogen and oxygen atoms in total. The molecular formula is C13H17N5O. The van der Waals surface area contributed by atoms with Crippen LogP contribution in [0.2, 0.25) is 0 Å². The van der Waals surface area contributed by atoms with Gasteiger partial charge in [-0.25, -0.2) is 4.98 Å². The van der Waals surface area contributed by atoms with Gasteiger partial charge in [0.15, 0.2) is 0 Å². The molecule has 2 aromatic rings. The summed E-state index contributed by atoms with van der Waals surface area (Å²) in [5, 5.41) is 9.56. The molecule has 0 bridgehead atoms. The Bertz CT molecular complexity index is 564. The van der Waals surface area contributed by atoms with Crippen molar-refractivity contribution < 1.29 is 4.79 Å². The normalized spacial score (nSPS) is 10.3. The molecule has 0 atom stereocenters. The van der Waals surface area contributed by atoms with Crippen LogP contribution in [-0.2, 0) is 6.54 Å². The van der Waals surface area contributed by atoms with Crippen molar-refractivity contribution >= 4 is 11.6 Å². The van der Waals surface area contributed by atoms with E-state index in [4.69, 9.17) is 0 Å². The predicted molar refractivity (Wildman–Crippen MR) is 72.9 cm³/mol. The fraction of sp³-hybridized carbons (Fsp3) is 0.308. The number of anilines is 1. The first-order chi connectivity index (χ1) is 9.11. The molecule has 2 N–H and O–H groups in total. The zero-order valence-corrected chi connectivity index (χ0v) is 11.3. The number of H-pyrrole nitrogens is 1. The van der Waals surface area contributed by atoms with E-state index in [0.717, 1.165) is 11.3 Å². The van der Waals surface area contributed by atoms with Gasteiger partial charge < -0.3 is 10.2 Å². The van der Waals surface area contributed by atoms with Gasteiger partial charge in [-0.05, 0) is 24.6 Å². The lowest BCUT2D eigenvalue weighted by molar-refractivity contribution is 0.0782. The van der Waals surface area contributed by atoms with Gasteiger partial charge in [0.2, 0.25) is 0 Å². The molecular weight excluding hydrogens is 242 g/mol. The van der Waals surface area contributed by atoms with Crippen LogP contribution in [-0.4, -0.2) is 40.1 Å². The van der Waals surface area contributed by atoms with Crippen molar-refractivity contribution in [1.29, 1.82) is 0 Å². The molecule has 1 aromatic heterocycles. The molecule has 0 radical (unpaired) electrons. The van der Waals surface area contributed by atoms with E-state index in [-0.39, 0.29) is 5.91 Å². The third-order valence-electron chi connectivity index (χ3n) is 2.87. The van der Waals surface area contributed by atoms with Crippen LogP contribution in [0.1, 0.15) is 21.7 Å². The minimum absolute atomic E-state index is 0.0549. The predicted octanol–water partition coefficient (Wildman–Crippen LogP) is 1.43.